The van der Waals surface area contributed by atoms with Crippen LogP contribution in [0.15, 0.2) is 30.3 Å². The highest BCUT2D eigenvalue weighted by molar-refractivity contribution is 8.13. The molecule has 1 aromatic carbocycles. The van der Waals surface area contributed by atoms with Crippen LogP contribution in [0.1, 0.15) is 18.1 Å². The normalized spacial score (nSPS) is 10.9. The van der Waals surface area contributed by atoms with Gasteiger partial charge in [-0.2, -0.15) is 0 Å². The molecule has 1 rings (SSSR count). The van der Waals surface area contributed by atoms with E-state index in [0.29, 0.717) is 12.2 Å². The summed E-state index contributed by atoms with van der Waals surface area (Å²) in [5.74, 6) is 0.697. The topological polar surface area (TPSA) is 37.3 Å². The molecular formula is C13H16O2S. The van der Waals surface area contributed by atoms with E-state index in [2.05, 4.69) is 0 Å². The van der Waals surface area contributed by atoms with Crippen molar-refractivity contribution in [3.05, 3.63) is 41.5 Å². The number of aliphatic hydroxyl groups excluding tert-OH is 1. The van der Waals surface area contributed by atoms with Crippen molar-refractivity contribution in [2.24, 2.45) is 0 Å². The SMILES string of the molecule is CC(=O)SCC=Cc1ccccc1CCO. The number of benzene rings is 1. The van der Waals surface area contributed by atoms with Crippen molar-refractivity contribution in [3.63, 3.8) is 0 Å². The van der Waals surface area contributed by atoms with Gasteiger partial charge in [-0.3, -0.25) is 4.79 Å². The van der Waals surface area contributed by atoms with Crippen molar-refractivity contribution in [1.82, 2.24) is 0 Å². The summed E-state index contributed by atoms with van der Waals surface area (Å²) in [6.45, 7) is 1.73. The first-order valence-corrected chi connectivity index (χ1v) is 6.21. The second kappa shape index (κ2) is 7.25. The van der Waals surface area contributed by atoms with E-state index < -0.39 is 0 Å². The monoisotopic (exact) mass is 236 g/mol. The molecule has 0 saturated heterocycles. The Balaban J connectivity index is 2.61. The Bertz CT molecular complexity index is 372. The second-order valence-corrected chi connectivity index (χ2v) is 4.57. The maximum atomic E-state index is 10.7. The Morgan fingerprint density at radius 3 is 2.88 bits per heavy atom. The molecule has 0 amide bonds. The average molecular weight is 236 g/mol. The van der Waals surface area contributed by atoms with Gasteiger partial charge in [0.2, 0.25) is 0 Å². The molecule has 0 heterocycles. The van der Waals surface area contributed by atoms with Crippen LogP contribution >= 0.6 is 11.8 Å². The molecule has 0 fully saturated rings. The van der Waals surface area contributed by atoms with Gasteiger partial charge in [0.1, 0.15) is 0 Å². The number of aliphatic hydroxyl groups is 1. The number of carbonyl (C=O) groups excluding carboxylic acids is 1. The van der Waals surface area contributed by atoms with Crippen molar-refractivity contribution < 1.29 is 9.90 Å². The van der Waals surface area contributed by atoms with E-state index in [-0.39, 0.29) is 11.7 Å². The molecule has 1 N–H and O–H groups in total. The lowest BCUT2D eigenvalue weighted by Gasteiger charge is -2.03. The molecule has 0 saturated carbocycles. The van der Waals surface area contributed by atoms with Crippen molar-refractivity contribution >= 4 is 23.0 Å². The molecular weight excluding hydrogens is 220 g/mol. The van der Waals surface area contributed by atoms with Crippen molar-refractivity contribution in [2.45, 2.75) is 13.3 Å². The summed E-state index contributed by atoms with van der Waals surface area (Å²) in [4.78, 5) is 10.7. The van der Waals surface area contributed by atoms with Gasteiger partial charge in [-0.05, 0) is 17.5 Å². The average Bonchev–Trinajstić information content (AvgIpc) is 2.26. The van der Waals surface area contributed by atoms with Crippen LogP contribution in [-0.2, 0) is 11.2 Å². The third kappa shape index (κ3) is 4.64. The molecule has 0 spiro atoms. The van der Waals surface area contributed by atoms with Gasteiger partial charge < -0.3 is 5.11 Å². The van der Waals surface area contributed by atoms with E-state index in [1.54, 1.807) is 6.92 Å². The standard InChI is InChI=1S/C13H16O2S/c1-11(15)16-10-4-7-12-5-2-3-6-13(12)8-9-14/h2-7,14H,8-10H2,1H3. The first kappa shape index (κ1) is 13.0. The van der Waals surface area contributed by atoms with Gasteiger partial charge in [0.05, 0.1) is 0 Å². The zero-order valence-electron chi connectivity index (χ0n) is 9.35. The maximum absolute atomic E-state index is 10.7. The molecule has 0 unspecified atom stereocenters. The van der Waals surface area contributed by atoms with Crippen LogP contribution in [-0.4, -0.2) is 22.6 Å². The van der Waals surface area contributed by atoms with Gasteiger partial charge in [-0.15, -0.1) is 0 Å². The van der Waals surface area contributed by atoms with Gasteiger partial charge >= 0.3 is 0 Å². The molecule has 2 nitrogen and oxygen atoms in total. The number of carbonyl (C=O) groups is 1. The third-order valence-electron chi connectivity index (χ3n) is 2.12. The fraction of sp³-hybridized carbons (Fsp3) is 0.308. The molecule has 86 valence electrons. The minimum absolute atomic E-state index is 0.133. The van der Waals surface area contributed by atoms with E-state index >= 15 is 0 Å². The minimum atomic E-state index is 0.133. The van der Waals surface area contributed by atoms with Crippen molar-refractivity contribution in [3.8, 4) is 0 Å². The van der Waals surface area contributed by atoms with Crippen LogP contribution in [0.3, 0.4) is 0 Å². The summed E-state index contributed by atoms with van der Waals surface area (Å²) in [5.41, 5.74) is 2.25. The minimum Gasteiger partial charge on any atom is -0.396 e. The summed E-state index contributed by atoms with van der Waals surface area (Å²) in [6, 6.07) is 7.96. The van der Waals surface area contributed by atoms with Gasteiger partial charge in [0, 0.05) is 19.3 Å². The highest BCUT2D eigenvalue weighted by Gasteiger charge is 1.97. The summed E-state index contributed by atoms with van der Waals surface area (Å²) in [7, 11) is 0. The van der Waals surface area contributed by atoms with Crippen molar-refractivity contribution in [1.29, 1.82) is 0 Å². The zero-order valence-corrected chi connectivity index (χ0v) is 10.2. The lowest BCUT2D eigenvalue weighted by atomic mass is 10.0. The predicted molar refractivity (Wildman–Crippen MR) is 69.4 cm³/mol. The van der Waals surface area contributed by atoms with Crippen LogP contribution in [0.25, 0.3) is 6.08 Å². The van der Waals surface area contributed by atoms with E-state index in [1.807, 2.05) is 36.4 Å². The molecule has 0 radical (unpaired) electrons. The van der Waals surface area contributed by atoms with Crippen LogP contribution < -0.4 is 0 Å². The zero-order chi connectivity index (χ0) is 11.8. The largest absolute Gasteiger partial charge is 0.396 e. The molecule has 0 aliphatic heterocycles. The Labute approximate surface area is 100 Å². The summed E-state index contributed by atoms with van der Waals surface area (Å²) in [6.07, 6.45) is 4.64. The maximum Gasteiger partial charge on any atom is 0.186 e. The molecule has 0 bridgehead atoms. The van der Waals surface area contributed by atoms with E-state index in [1.165, 1.54) is 11.8 Å². The highest BCUT2D eigenvalue weighted by Crippen LogP contribution is 2.12. The Hall–Kier alpha value is -1.06. The molecule has 0 aliphatic carbocycles. The number of rotatable bonds is 5. The molecule has 1 aromatic rings. The second-order valence-electron chi connectivity index (χ2n) is 3.38. The van der Waals surface area contributed by atoms with E-state index in [4.69, 9.17) is 5.11 Å². The fourth-order valence-electron chi connectivity index (χ4n) is 1.39. The van der Waals surface area contributed by atoms with Crippen LogP contribution in [0.5, 0.6) is 0 Å². The van der Waals surface area contributed by atoms with Crippen LogP contribution in [0, 0.1) is 0 Å². The lowest BCUT2D eigenvalue weighted by molar-refractivity contribution is -0.109. The van der Waals surface area contributed by atoms with Gasteiger partial charge in [-0.1, -0.05) is 48.2 Å². The molecule has 0 aliphatic rings. The quantitative estimate of drug-likeness (QED) is 0.853. The van der Waals surface area contributed by atoms with Gasteiger partial charge in [0.25, 0.3) is 0 Å². The van der Waals surface area contributed by atoms with Crippen LogP contribution in [0.2, 0.25) is 0 Å². The van der Waals surface area contributed by atoms with E-state index in [0.717, 1.165) is 11.1 Å². The van der Waals surface area contributed by atoms with Crippen molar-refractivity contribution in [2.75, 3.05) is 12.4 Å². The number of thioether (sulfide) groups is 1. The Morgan fingerprint density at radius 2 is 2.19 bits per heavy atom. The van der Waals surface area contributed by atoms with Crippen LogP contribution in [0.4, 0.5) is 0 Å². The lowest BCUT2D eigenvalue weighted by Crippen LogP contribution is -1.93. The number of hydrogen-bond acceptors (Lipinski definition) is 3. The number of hydrogen-bond donors (Lipinski definition) is 1. The molecule has 3 heteroatoms. The first-order chi connectivity index (χ1) is 7.74. The Morgan fingerprint density at radius 1 is 1.44 bits per heavy atom. The highest BCUT2D eigenvalue weighted by atomic mass is 32.2. The Kier molecular flexibility index (Phi) is 5.90. The summed E-state index contributed by atoms with van der Waals surface area (Å²) in [5, 5.41) is 9.05. The smallest absolute Gasteiger partial charge is 0.186 e. The predicted octanol–water partition coefficient (Wildman–Crippen LogP) is 2.51. The van der Waals surface area contributed by atoms with Gasteiger partial charge in [-0.25, -0.2) is 0 Å². The van der Waals surface area contributed by atoms with E-state index in [9.17, 15) is 4.79 Å². The first-order valence-electron chi connectivity index (χ1n) is 5.22. The van der Waals surface area contributed by atoms with Gasteiger partial charge in [0.15, 0.2) is 5.12 Å². The summed E-state index contributed by atoms with van der Waals surface area (Å²) < 4.78 is 0. The fourth-order valence-corrected chi connectivity index (χ4v) is 1.81. The summed E-state index contributed by atoms with van der Waals surface area (Å²) >= 11 is 1.29. The molecule has 0 aromatic heterocycles. The third-order valence-corrected chi connectivity index (χ3v) is 2.88. The molecule has 16 heavy (non-hydrogen) atoms. The molecule has 0 atom stereocenters.